The first-order valence-corrected chi connectivity index (χ1v) is 8.78. The molecule has 140 valence electrons. The predicted octanol–water partition coefficient (Wildman–Crippen LogP) is 2.07. The van der Waals surface area contributed by atoms with Crippen LogP contribution < -0.4 is 0 Å². The van der Waals surface area contributed by atoms with Crippen LogP contribution in [0.5, 0.6) is 0 Å². The van der Waals surface area contributed by atoms with Gasteiger partial charge in [0.25, 0.3) is 0 Å². The number of amides is 1. The van der Waals surface area contributed by atoms with E-state index in [-0.39, 0.29) is 12.5 Å². The van der Waals surface area contributed by atoms with Crippen molar-refractivity contribution in [2.24, 2.45) is 7.05 Å². The van der Waals surface area contributed by atoms with Gasteiger partial charge in [0.15, 0.2) is 0 Å². The zero-order valence-corrected chi connectivity index (χ0v) is 14.4. The Morgan fingerprint density at radius 1 is 1.16 bits per heavy atom. The third kappa shape index (κ3) is 4.50. The van der Waals surface area contributed by atoms with Crippen molar-refractivity contribution >= 4 is 5.91 Å². The molecule has 0 aliphatic carbocycles. The summed E-state index contributed by atoms with van der Waals surface area (Å²) in [4.78, 5) is 15.5. The van der Waals surface area contributed by atoms with Crippen LogP contribution in [0.15, 0.2) is 0 Å². The van der Waals surface area contributed by atoms with Crippen LogP contribution in [0.3, 0.4) is 0 Å². The topological polar surface area (TPSA) is 54.3 Å². The fraction of sp³-hybridized carbons (Fsp3) is 0.812. The first kappa shape index (κ1) is 18.2. The molecule has 0 N–H and O–H groups in total. The first-order valence-electron chi connectivity index (χ1n) is 8.78. The molecule has 1 aromatic rings. The highest BCUT2D eigenvalue weighted by Gasteiger charge is 2.36. The molecule has 3 heterocycles. The molecule has 6 nitrogen and oxygen atoms in total. The number of alkyl halides is 3. The second kappa shape index (κ2) is 7.31. The van der Waals surface area contributed by atoms with E-state index in [9.17, 15) is 18.0 Å². The molecule has 2 saturated heterocycles. The molecule has 1 aromatic heterocycles. The van der Waals surface area contributed by atoms with Gasteiger partial charge in [-0.05, 0) is 38.8 Å². The van der Waals surface area contributed by atoms with Gasteiger partial charge in [0.05, 0.1) is 6.54 Å². The molecule has 0 radical (unpaired) electrons. The Hall–Kier alpha value is -1.64. The number of nitrogens with zero attached hydrogens (tertiary/aromatic N) is 5. The number of aromatic nitrogens is 3. The van der Waals surface area contributed by atoms with E-state index in [1.54, 1.807) is 0 Å². The smallest absolute Gasteiger partial charge is 0.342 e. The van der Waals surface area contributed by atoms with E-state index in [0.717, 1.165) is 37.7 Å². The average Bonchev–Trinajstić information content (AvgIpc) is 3.17. The molecule has 0 aromatic carbocycles. The fourth-order valence-electron chi connectivity index (χ4n) is 3.71. The second-order valence-corrected chi connectivity index (χ2v) is 6.99. The SMILES string of the molecule is Cn1c(CN2CCCC2)nnc1[C@H]1CCCN(C(=O)CC(F)(F)F)C1. The minimum Gasteiger partial charge on any atom is -0.342 e. The molecule has 1 amide bonds. The summed E-state index contributed by atoms with van der Waals surface area (Å²) in [5.74, 6) is 0.724. The zero-order chi connectivity index (χ0) is 18.0. The highest BCUT2D eigenvalue weighted by Crippen LogP contribution is 2.28. The van der Waals surface area contributed by atoms with Crippen LogP contribution in [-0.4, -0.2) is 62.8 Å². The van der Waals surface area contributed by atoms with E-state index in [4.69, 9.17) is 0 Å². The van der Waals surface area contributed by atoms with Crippen LogP contribution in [0, 0.1) is 0 Å². The maximum absolute atomic E-state index is 12.5. The Morgan fingerprint density at radius 3 is 2.56 bits per heavy atom. The van der Waals surface area contributed by atoms with Crippen LogP contribution in [0.25, 0.3) is 0 Å². The van der Waals surface area contributed by atoms with Gasteiger partial charge in [-0.1, -0.05) is 0 Å². The Kier molecular flexibility index (Phi) is 5.31. The van der Waals surface area contributed by atoms with Crippen molar-refractivity contribution in [1.29, 1.82) is 0 Å². The van der Waals surface area contributed by atoms with Gasteiger partial charge in [0.1, 0.15) is 18.1 Å². The molecule has 0 unspecified atom stereocenters. The molecular weight excluding hydrogens is 335 g/mol. The van der Waals surface area contributed by atoms with E-state index in [2.05, 4.69) is 15.1 Å². The summed E-state index contributed by atoms with van der Waals surface area (Å²) in [6.07, 6.45) is -1.96. The molecule has 0 saturated carbocycles. The largest absolute Gasteiger partial charge is 0.397 e. The Labute approximate surface area is 145 Å². The van der Waals surface area contributed by atoms with Crippen LogP contribution >= 0.6 is 0 Å². The van der Waals surface area contributed by atoms with Crippen LogP contribution in [0.1, 0.15) is 49.7 Å². The standard InChI is InChI=1S/C16H24F3N5O/c1-22-13(11-23-6-2-3-7-23)20-21-15(22)12-5-4-8-24(10-12)14(25)9-16(17,18)19/h12H,2-11H2,1H3/t12-/m0/s1. The summed E-state index contributed by atoms with van der Waals surface area (Å²) < 4.78 is 39.3. The maximum Gasteiger partial charge on any atom is 0.397 e. The van der Waals surface area contributed by atoms with Crippen molar-refractivity contribution in [1.82, 2.24) is 24.6 Å². The number of carbonyl (C=O) groups is 1. The van der Waals surface area contributed by atoms with Crippen molar-refractivity contribution in [2.45, 2.75) is 50.7 Å². The predicted molar refractivity (Wildman–Crippen MR) is 84.7 cm³/mol. The molecular formula is C16H24F3N5O. The van der Waals surface area contributed by atoms with Gasteiger partial charge < -0.3 is 9.47 Å². The van der Waals surface area contributed by atoms with Gasteiger partial charge in [-0.25, -0.2) is 0 Å². The lowest BCUT2D eigenvalue weighted by Gasteiger charge is -2.32. The molecule has 2 fully saturated rings. The van der Waals surface area contributed by atoms with Gasteiger partial charge in [-0.3, -0.25) is 9.69 Å². The Morgan fingerprint density at radius 2 is 1.88 bits per heavy atom. The Balaban J connectivity index is 1.65. The molecule has 2 aliphatic heterocycles. The maximum atomic E-state index is 12.5. The molecule has 0 spiro atoms. The minimum atomic E-state index is -4.46. The molecule has 0 bridgehead atoms. The lowest BCUT2D eigenvalue weighted by Crippen LogP contribution is -2.41. The van der Waals surface area contributed by atoms with E-state index in [0.29, 0.717) is 13.0 Å². The number of likely N-dealkylation sites (tertiary alicyclic amines) is 2. The highest BCUT2D eigenvalue weighted by molar-refractivity contribution is 5.77. The van der Waals surface area contributed by atoms with E-state index < -0.39 is 18.5 Å². The lowest BCUT2D eigenvalue weighted by atomic mass is 9.97. The monoisotopic (exact) mass is 359 g/mol. The van der Waals surface area contributed by atoms with Crippen LogP contribution in [-0.2, 0) is 18.4 Å². The Bertz CT molecular complexity index is 609. The summed E-state index contributed by atoms with van der Waals surface area (Å²) in [5, 5.41) is 8.55. The van der Waals surface area contributed by atoms with Crippen molar-refractivity contribution in [3.63, 3.8) is 0 Å². The van der Waals surface area contributed by atoms with E-state index in [1.807, 2.05) is 11.6 Å². The summed E-state index contributed by atoms with van der Waals surface area (Å²) in [7, 11) is 1.90. The fourth-order valence-corrected chi connectivity index (χ4v) is 3.71. The molecule has 25 heavy (non-hydrogen) atoms. The second-order valence-electron chi connectivity index (χ2n) is 6.99. The third-order valence-corrected chi connectivity index (χ3v) is 5.05. The number of hydrogen-bond acceptors (Lipinski definition) is 4. The minimum absolute atomic E-state index is 0.0595. The van der Waals surface area contributed by atoms with Gasteiger partial charge in [0, 0.05) is 26.1 Å². The highest BCUT2D eigenvalue weighted by atomic mass is 19.4. The summed E-state index contributed by atoms with van der Waals surface area (Å²) in [6.45, 7) is 3.53. The first-order chi connectivity index (χ1) is 11.8. The van der Waals surface area contributed by atoms with Crippen molar-refractivity contribution < 1.29 is 18.0 Å². The third-order valence-electron chi connectivity index (χ3n) is 5.05. The van der Waals surface area contributed by atoms with E-state index in [1.165, 1.54) is 17.7 Å². The summed E-state index contributed by atoms with van der Waals surface area (Å²) in [6, 6.07) is 0. The number of piperidine rings is 1. The molecule has 2 aliphatic rings. The number of rotatable bonds is 4. The molecule has 9 heteroatoms. The quantitative estimate of drug-likeness (QED) is 0.826. The van der Waals surface area contributed by atoms with Gasteiger partial charge in [-0.2, -0.15) is 13.2 Å². The van der Waals surface area contributed by atoms with Gasteiger partial charge in [-0.15, -0.1) is 10.2 Å². The molecule has 3 rings (SSSR count). The van der Waals surface area contributed by atoms with Crippen LogP contribution in [0.4, 0.5) is 13.2 Å². The van der Waals surface area contributed by atoms with Crippen LogP contribution in [0.2, 0.25) is 0 Å². The van der Waals surface area contributed by atoms with E-state index >= 15 is 0 Å². The van der Waals surface area contributed by atoms with Crippen molar-refractivity contribution in [2.75, 3.05) is 26.2 Å². The molecule has 1 atom stereocenters. The average molecular weight is 359 g/mol. The zero-order valence-electron chi connectivity index (χ0n) is 14.4. The summed E-state index contributed by atoms with van der Waals surface area (Å²) in [5.41, 5.74) is 0. The normalized spacial score (nSPS) is 22.6. The lowest BCUT2D eigenvalue weighted by molar-refractivity contribution is -0.162. The van der Waals surface area contributed by atoms with Gasteiger partial charge in [0.2, 0.25) is 5.91 Å². The number of hydrogen-bond donors (Lipinski definition) is 0. The summed E-state index contributed by atoms with van der Waals surface area (Å²) >= 11 is 0. The van der Waals surface area contributed by atoms with Crippen molar-refractivity contribution in [3.8, 4) is 0 Å². The number of halogens is 3. The van der Waals surface area contributed by atoms with Crippen molar-refractivity contribution in [3.05, 3.63) is 11.6 Å². The number of carbonyl (C=O) groups excluding carboxylic acids is 1. The van der Waals surface area contributed by atoms with Gasteiger partial charge >= 0.3 is 6.18 Å².